The summed E-state index contributed by atoms with van der Waals surface area (Å²) in [4.78, 5) is 15.7. The number of anilines is 1. The molecule has 2 heterocycles. The van der Waals surface area contributed by atoms with Crippen molar-refractivity contribution < 1.29 is 9.53 Å². The Hall–Kier alpha value is -2.37. The molecule has 0 atom stereocenters. The Labute approximate surface area is 104 Å². The van der Waals surface area contributed by atoms with Crippen molar-refractivity contribution in [1.29, 1.82) is 0 Å². The summed E-state index contributed by atoms with van der Waals surface area (Å²) in [6, 6.07) is 3.42. The summed E-state index contributed by atoms with van der Waals surface area (Å²) in [6.07, 6.45) is 4.47. The first-order valence-electron chi connectivity index (χ1n) is 5.54. The molecule has 0 saturated carbocycles. The van der Waals surface area contributed by atoms with Crippen molar-refractivity contribution in [1.82, 2.24) is 14.8 Å². The largest absolute Gasteiger partial charge is 0.421 e. The summed E-state index contributed by atoms with van der Waals surface area (Å²) in [5, 5.41) is 4.05. The Bertz CT molecular complexity index is 548. The van der Waals surface area contributed by atoms with E-state index in [1.807, 2.05) is 13.8 Å². The van der Waals surface area contributed by atoms with Crippen molar-refractivity contribution in [2.24, 2.45) is 0 Å². The fraction of sp³-hybridized carbons (Fsp3) is 0.250. The topological polar surface area (TPSA) is 83.0 Å². The molecule has 6 nitrogen and oxygen atoms in total. The molecule has 0 aliphatic heterocycles. The first-order valence-corrected chi connectivity index (χ1v) is 5.54. The van der Waals surface area contributed by atoms with Crippen LogP contribution in [0.2, 0.25) is 0 Å². The number of rotatable bonds is 3. The van der Waals surface area contributed by atoms with Gasteiger partial charge >= 0.3 is 5.97 Å². The van der Waals surface area contributed by atoms with Crippen molar-refractivity contribution in [3.8, 4) is 5.75 Å². The predicted octanol–water partition coefficient (Wildman–Crippen LogP) is 1.66. The summed E-state index contributed by atoms with van der Waals surface area (Å²) in [7, 11) is 0. The second kappa shape index (κ2) is 4.87. The molecule has 0 aromatic carbocycles. The van der Waals surface area contributed by atoms with Gasteiger partial charge in [-0.05, 0) is 26.0 Å². The lowest BCUT2D eigenvalue weighted by Crippen LogP contribution is -2.13. The van der Waals surface area contributed by atoms with E-state index >= 15 is 0 Å². The van der Waals surface area contributed by atoms with Crippen LogP contribution < -0.4 is 10.5 Å². The van der Waals surface area contributed by atoms with E-state index in [0.717, 1.165) is 0 Å². The SMILES string of the molecule is CC(C)n1ncc(C(=O)Oc2cccnc2)c1N. The van der Waals surface area contributed by atoms with Crippen molar-refractivity contribution in [3.05, 3.63) is 36.3 Å². The molecule has 2 N–H and O–H groups in total. The number of nitrogens with zero attached hydrogens (tertiary/aromatic N) is 3. The Morgan fingerprint density at radius 3 is 2.78 bits per heavy atom. The van der Waals surface area contributed by atoms with Crippen LogP contribution in [0.1, 0.15) is 30.2 Å². The zero-order valence-electron chi connectivity index (χ0n) is 10.2. The molecule has 0 bridgehead atoms. The third kappa shape index (κ3) is 2.32. The highest BCUT2D eigenvalue weighted by molar-refractivity contribution is 5.95. The summed E-state index contributed by atoms with van der Waals surface area (Å²) < 4.78 is 6.71. The maximum absolute atomic E-state index is 11.9. The van der Waals surface area contributed by atoms with Crippen molar-refractivity contribution in [2.45, 2.75) is 19.9 Å². The number of aromatic nitrogens is 3. The van der Waals surface area contributed by atoms with Crippen LogP contribution in [-0.2, 0) is 0 Å². The molecule has 0 fully saturated rings. The molecule has 6 heteroatoms. The van der Waals surface area contributed by atoms with E-state index < -0.39 is 5.97 Å². The number of hydrogen-bond donors (Lipinski definition) is 1. The molecule has 0 aliphatic carbocycles. The van der Waals surface area contributed by atoms with Crippen LogP contribution in [0, 0.1) is 0 Å². The van der Waals surface area contributed by atoms with Gasteiger partial charge in [-0.1, -0.05) is 0 Å². The third-order valence-electron chi connectivity index (χ3n) is 2.39. The van der Waals surface area contributed by atoms with Crippen LogP contribution in [0.15, 0.2) is 30.7 Å². The summed E-state index contributed by atoms with van der Waals surface area (Å²) in [5.74, 6) is 0.144. The molecule has 0 saturated heterocycles. The summed E-state index contributed by atoms with van der Waals surface area (Å²) >= 11 is 0. The number of esters is 1. The number of nitrogens with two attached hydrogens (primary N) is 1. The molecule has 0 unspecified atom stereocenters. The highest BCUT2D eigenvalue weighted by atomic mass is 16.5. The van der Waals surface area contributed by atoms with E-state index in [1.54, 1.807) is 23.0 Å². The van der Waals surface area contributed by atoms with E-state index in [1.165, 1.54) is 12.4 Å². The van der Waals surface area contributed by atoms with Gasteiger partial charge in [0.25, 0.3) is 0 Å². The highest BCUT2D eigenvalue weighted by Crippen LogP contribution is 2.18. The third-order valence-corrected chi connectivity index (χ3v) is 2.39. The fourth-order valence-electron chi connectivity index (χ4n) is 1.51. The summed E-state index contributed by atoms with van der Waals surface area (Å²) in [5.41, 5.74) is 6.10. The van der Waals surface area contributed by atoms with Crippen LogP contribution in [-0.4, -0.2) is 20.7 Å². The van der Waals surface area contributed by atoms with Gasteiger partial charge in [-0.15, -0.1) is 0 Å². The van der Waals surface area contributed by atoms with Crippen LogP contribution in [0.3, 0.4) is 0 Å². The maximum atomic E-state index is 11.9. The zero-order chi connectivity index (χ0) is 13.1. The number of carbonyl (C=O) groups is 1. The smallest absolute Gasteiger partial charge is 0.349 e. The minimum Gasteiger partial charge on any atom is -0.421 e. The number of ether oxygens (including phenoxy) is 1. The Morgan fingerprint density at radius 2 is 2.22 bits per heavy atom. The van der Waals surface area contributed by atoms with Crippen LogP contribution in [0.25, 0.3) is 0 Å². The first kappa shape index (κ1) is 12.1. The van der Waals surface area contributed by atoms with Crippen molar-refractivity contribution in [2.75, 3.05) is 5.73 Å². The van der Waals surface area contributed by atoms with Gasteiger partial charge in [-0.25, -0.2) is 9.48 Å². The number of carbonyl (C=O) groups excluding carboxylic acids is 1. The zero-order valence-corrected chi connectivity index (χ0v) is 10.2. The molecular formula is C12H14N4O2. The maximum Gasteiger partial charge on any atom is 0.349 e. The van der Waals surface area contributed by atoms with Crippen LogP contribution in [0.5, 0.6) is 5.75 Å². The van der Waals surface area contributed by atoms with E-state index in [4.69, 9.17) is 10.5 Å². The number of nitrogen functional groups attached to an aromatic ring is 1. The lowest BCUT2D eigenvalue weighted by atomic mass is 10.3. The molecule has 94 valence electrons. The standard InChI is InChI=1S/C12H14N4O2/c1-8(2)16-11(13)10(7-15-16)12(17)18-9-4-3-5-14-6-9/h3-8H,13H2,1-2H3. The van der Waals surface area contributed by atoms with E-state index in [0.29, 0.717) is 11.6 Å². The summed E-state index contributed by atoms with van der Waals surface area (Å²) in [6.45, 7) is 3.86. The molecular weight excluding hydrogens is 232 g/mol. The monoisotopic (exact) mass is 246 g/mol. The van der Waals surface area contributed by atoms with Gasteiger partial charge in [-0.3, -0.25) is 4.98 Å². The lowest BCUT2D eigenvalue weighted by molar-refractivity contribution is 0.0735. The second-order valence-electron chi connectivity index (χ2n) is 4.06. The molecule has 0 amide bonds. The number of hydrogen-bond acceptors (Lipinski definition) is 5. The molecule has 2 aromatic rings. The van der Waals surface area contributed by atoms with Gasteiger partial charge in [0.2, 0.25) is 0 Å². The second-order valence-corrected chi connectivity index (χ2v) is 4.06. The molecule has 0 spiro atoms. The Kier molecular flexibility index (Phi) is 3.27. The van der Waals surface area contributed by atoms with Gasteiger partial charge in [0.1, 0.15) is 17.1 Å². The Morgan fingerprint density at radius 1 is 1.44 bits per heavy atom. The van der Waals surface area contributed by atoms with Crippen molar-refractivity contribution >= 4 is 11.8 Å². The van der Waals surface area contributed by atoms with Gasteiger partial charge < -0.3 is 10.5 Å². The molecule has 0 aliphatic rings. The lowest BCUT2D eigenvalue weighted by Gasteiger charge is -2.08. The minimum absolute atomic E-state index is 0.0879. The van der Waals surface area contributed by atoms with Crippen LogP contribution >= 0.6 is 0 Å². The first-order chi connectivity index (χ1) is 8.59. The van der Waals surface area contributed by atoms with Gasteiger partial charge in [-0.2, -0.15) is 5.10 Å². The van der Waals surface area contributed by atoms with E-state index in [9.17, 15) is 4.79 Å². The molecule has 0 radical (unpaired) electrons. The normalized spacial score (nSPS) is 10.6. The van der Waals surface area contributed by atoms with Crippen molar-refractivity contribution in [3.63, 3.8) is 0 Å². The molecule has 2 rings (SSSR count). The van der Waals surface area contributed by atoms with Gasteiger partial charge in [0, 0.05) is 12.2 Å². The minimum atomic E-state index is -0.535. The van der Waals surface area contributed by atoms with Crippen LogP contribution in [0.4, 0.5) is 5.82 Å². The number of pyridine rings is 1. The highest BCUT2D eigenvalue weighted by Gasteiger charge is 2.18. The average Bonchev–Trinajstić information content (AvgIpc) is 2.72. The fourth-order valence-corrected chi connectivity index (χ4v) is 1.51. The van der Waals surface area contributed by atoms with Gasteiger partial charge in [0.05, 0.1) is 12.4 Å². The quantitative estimate of drug-likeness (QED) is 0.833. The Balaban J connectivity index is 2.20. The van der Waals surface area contributed by atoms with E-state index in [2.05, 4.69) is 10.1 Å². The molecule has 2 aromatic heterocycles. The van der Waals surface area contributed by atoms with Gasteiger partial charge in [0.15, 0.2) is 0 Å². The predicted molar refractivity (Wildman–Crippen MR) is 66.2 cm³/mol. The molecule has 18 heavy (non-hydrogen) atoms. The van der Waals surface area contributed by atoms with E-state index in [-0.39, 0.29) is 11.6 Å². The average molecular weight is 246 g/mol.